The molecule has 0 aromatic rings. The SMILES string of the molecule is CCN(CC(C)C(C)C)C(C)=NC. The van der Waals surface area contributed by atoms with Crippen molar-refractivity contribution in [1.29, 1.82) is 0 Å². The lowest BCUT2D eigenvalue weighted by Gasteiger charge is -2.27. The molecule has 0 amide bonds. The standard InChI is InChI=1S/C11H24N2/c1-7-13(11(5)12-6)8-10(4)9(2)3/h9-10H,7-8H2,1-6H3. The molecule has 0 N–H and O–H groups in total. The van der Waals surface area contributed by atoms with Crippen LogP contribution in [0.25, 0.3) is 0 Å². The van der Waals surface area contributed by atoms with E-state index in [2.05, 4.69) is 44.5 Å². The van der Waals surface area contributed by atoms with Gasteiger partial charge in [-0.3, -0.25) is 4.99 Å². The quantitative estimate of drug-likeness (QED) is 0.484. The van der Waals surface area contributed by atoms with Crippen molar-refractivity contribution in [2.45, 2.75) is 34.6 Å². The second-order valence-electron chi connectivity index (χ2n) is 4.03. The van der Waals surface area contributed by atoms with E-state index in [0.717, 1.165) is 30.8 Å². The van der Waals surface area contributed by atoms with Gasteiger partial charge in [0.1, 0.15) is 0 Å². The van der Waals surface area contributed by atoms with Crippen LogP contribution in [0, 0.1) is 11.8 Å². The van der Waals surface area contributed by atoms with E-state index in [-0.39, 0.29) is 0 Å². The third-order valence-electron chi connectivity index (χ3n) is 2.81. The molecule has 1 atom stereocenters. The lowest BCUT2D eigenvalue weighted by molar-refractivity contribution is 0.305. The molecule has 2 heteroatoms. The summed E-state index contributed by atoms with van der Waals surface area (Å²) in [7, 11) is 1.86. The molecule has 0 spiro atoms. The summed E-state index contributed by atoms with van der Waals surface area (Å²) in [6, 6.07) is 0. The third kappa shape index (κ3) is 4.30. The summed E-state index contributed by atoms with van der Waals surface area (Å²) in [6.07, 6.45) is 0. The molecule has 0 heterocycles. The van der Waals surface area contributed by atoms with Crippen molar-refractivity contribution in [1.82, 2.24) is 4.90 Å². The van der Waals surface area contributed by atoms with Crippen molar-refractivity contribution in [2.24, 2.45) is 16.8 Å². The number of nitrogens with zero attached hydrogens (tertiary/aromatic N) is 2. The average Bonchev–Trinajstić information content (AvgIpc) is 2.12. The Morgan fingerprint density at radius 1 is 1.31 bits per heavy atom. The first-order valence-electron chi connectivity index (χ1n) is 5.21. The van der Waals surface area contributed by atoms with E-state index >= 15 is 0 Å². The zero-order valence-electron chi connectivity index (χ0n) is 9.96. The number of hydrogen-bond donors (Lipinski definition) is 0. The van der Waals surface area contributed by atoms with Gasteiger partial charge in [-0.2, -0.15) is 0 Å². The van der Waals surface area contributed by atoms with E-state index in [1.165, 1.54) is 0 Å². The summed E-state index contributed by atoms with van der Waals surface area (Å²) in [5, 5.41) is 0. The van der Waals surface area contributed by atoms with E-state index < -0.39 is 0 Å². The number of hydrogen-bond acceptors (Lipinski definition) is 1. The minimum absolute atomic E-state index is 0.733. The van der Waals surface area contributed by atoms with Crippen LogP contribution >= 0.6 is 0 Å². The summed E-state index contributed by atoms with van der Waals surface area (Å²) in [5.74, 6) is 2.63. The van der Waals surface area contributed by atoms with Crippen molar-refractivity contribution >= 4 is 5.84 Å². The molecule has 78 valence electrons. The molecular formula is C11H24N2. The van der Waals surface area contributed by atoms with Gasteiger partial charge in [-0.1, -0.05) is 20.8 Å². The summed E-state index contributed by atoms with van der Waals surface area (Å²) in [6.45, 7) is 13.3. The fraction of sp³-hybridized carbons (Fsp3) is 0.909. The van der Waals surface area contributed by atoms with Crippen LogP contribution in [0.15, 0.2) is 4.99 Å². The van der Waals surface area contributed by atoms with Gasteiger partial charge in [0.2, 0.25) is 0 Å². The fourth-order valence-electron chi connectivity index (χ4n) is 1.19. The molecule has 2 nitrogen and oxygen atoms in total. The predicted molar refractivity (Wildman–Crippen MR) is 60.3 cm³/mol. The van der Waals surface area contributed by atoms with E-state index in [1.807, 2.05) is 7.05 Å². The van der Waals surface area contributed by atoms with Crippen LogP contribution in [-0.2, 0) is 0 Å². The second-order valence-corrected chi connectivity index (χ2v) is 4.03. The Bertz CT molecular complexity index is 161. The normalized spacial score (nSPS) is 14.8. The molecule has 0 aromatic carbocycles. The first-order valence-corrected chi connectivity index (χ1v) is 5.21. The third-order valence-corrected chi connectivity index (χ3v) is 2.81. The first-order chi connectivity index (χ1) is 6.02. The van der Waals surface area contributed by atoms with Crippen molar-refractivity contribution in [2.75, 3.05) is 20.1 Å². The molecule has 0 aliphatic heterocycles. The van der Waals surface area contributed by atoms with Gasteiger partial charge in [-0.25, -0.2) is 0 Å². The molecule has 0 fully saturated rings. The summed E-state index contributed by atoms with van der Waals surface area (Å²) >= 11 is 0. The highest BCUT2D eigenvalue weighted by Crippen LogP contribution is 2.11. The van der Waals surface area contributed by atoms with E-state index in [9.17, 15) is 0 Å². The van der Waals surface area contributed by atoms with Crippen LogP contribution in [0.4, 0.5) is 0 Å². The van der Waals surface area contributed by atoms with Gasteiger partial charge >= 0.3 is 0 Å². The van der Waals surface area contributed by atoms with Gasteiger partial charge in [0.25, 0.3) is 0 Å². The Labute approximate surface area is 83.0 Å². The summed E-state index contributed by atoms with van der Waals surface area (Å²) in [5.41, 5.74) is 0. The molecule has 0 aliphatic carbocycles. The molecular weight excluding hydrogens is 160 g/mol. The minimum Gasteiger partial charge on any atom is -0.361 e. The Hall–Kier alpha value is -0.530. The van der Waals surface area contributed by atoms with Crippen LogP contribution in [0.5, 0.6) is 0 Å². The van der Waals surface area contributed by atoms with E-state index in [0.29, 0.717) is 0 Å². The maximum absolute atomic E-state index is 4.21. The minimum atomic E-state index is 0.733. The number of rotatable bonds is 4. The van der Waals surface area contributed by atoms with Gasteiger partial charge in [0.05, 0.1) is 5.84 Å². The first kappa shape index (κ1) is 12.5. The highest BCUT2D eigenvalue weighted by molar-refractivity contribution is 5.79. The van der Waals surface area contributed by atoms with E-state index in [1.54, 1.807) is 0 Å². The van der Waals surface area contributed by atoms with Gasteiger partial charge in [-0.15, -0.1) is 0 Å². The Morgan fingerprint density at radius 3 is 2.15 bits per heavy atom. The number of amidine groups is 1. The van der Waals surface area contributed by atoms with Crippen molar-refractivity contribution < 1.29 is 0 Å². The van der Waals surface area contributed by atoms with Crippen LogP contribution in [0.1, 0.15) is 34.6 Å². The van der Waals surface area contributed by atoms with Gasteiger partial charge in [0.15, 0.2) is 0 Å². The fourth-order valence-corrected chi connectivity index (χ4v) is 1.19. The number of aliphatic imine (C=N–C) groups is 1. The maximum Gasteiger partial charge on any atom is 0.0954 e. The molecule has 0 aromatic heterocycles. The largest absolute Gasteiger partial charge is 0.361 e. The zero-order valence-corrected chi connectivity index (χ0v) is 9.96. The van der Waals surface area contributed by atoms with Crippen LogP contribution in [0.3, 0.4) is 0 Å². The molecule has 0 bridgehead atoms. The van der Waals surface area contributed by atoms with Gasteiger partial charge < -0.3 is 4.90 Å². The summed E-state index contributed by atoms with van der Waals surface area (Å²) < 4.78 is 0. The highest BCUT2D eigenvalue weighted by atomic mass is 15.2. The second kappa shape index (κ2) is 6.01. The van der Waals surface area contributed by atoms with Crippen LogP contribution < -0.4 is 0 Å². The smallest absolute Gasteiger partial charge is 0.0954 e. The van der Waals surface area contributed by atoms with Crippen LogP contribution in [0.2, 0.25) is 0 Å². The molecule has 0 saturated heterocycles. The molecule has 1 unspecified atom stereocenters. The maximum atomic E-state index is 4.21. The lowest BCUT2D eigenvalue weighted by Crippen LogP contribution is -2.34. The topological polar surface area (TPSA) is 15.6 Å². The average molecular weight is 184 g/mol. The van der Waals surface area contributed by atoms with Gasteiger partial charge in [-0.05, 0) is 25.7 Å². The molecule has 0 aliphatic rings. The Balaban J connectivity index is 4.13. The lowest BCUT2D eigenvalue weighted by atomic mass is 9.97. The molecule has 0 rings (SSSR count). The highest BCUT2D eigenvalue weighted by Gasteiger charge is 2.12. The van der Waals surface area contributed by atoms with Crippen molar-refractivity contribution in [3.05, 3.63) is 0 Å². The predicted octanol–water partition coefficient (Wildman–Crippen LogP) is 2.65. The van der Waals surface area contributed by atoms with Crippen molar-refractivity contribution in [3.8, 4) is 0 Å². The molecule has 0 radical (unpaired) electrons. The Morgan fingerprint density at radius 2 is 1.85 bits per heavy atom. The van der Waals surface area contributed by atoms with Crippen molar-refractivity contribution in [3.63, 3.8) is 0 Å². The zero-order chi connectivity index (χ0) is 10.4. The van der Waals surface area contributed by atoms with Gasteiger partial charge in [0, 0.05) is 20.1 Å². The van der Waals surface area contributed by atoms with Crippen LogP contribution in [-0.4, -0.2) is 30.9 Å². The monoisotopic (exact) mass is 184 g/mol. The summed E-state index contributed by atoms with van der Waals surface area (Å²) in [4.78, 5) is 6.55. The Kier molecular flexibility index (Phi) is 5.76. The van der Waals surface area contributed by atoms with E-state index in [4.69, 9.17) is 0 Å². The molecule has 13 heavy (non-hydrogen) atoms. The molecule has 0 saturated carbocycles.